The fourth-order valence-corrected chi connectivity index (χ4v) is 2.15. The van der Waals surface area contributed by atoms with Crippen molar-refractivity contribution in [1.29, 1.82) is 0 Å². The number of hydrogen-bond acceptors (Lipinski definition) is 2. The van der Waals surface area contributed by atoms with E-state index < -0.39 is 0 Å². The highest BCUT2D eigenvalue weighted by molar-refractivity contribution is 5.92. The van der Waals surface area contributed by atoms with Crippen LogP contribution in [0.1, 0.15) is 46.1 Å². The van der Waals surface area contributed by atoms with Crippen LogP contribution in [-0.4, -0.2) is 16.1 Å². The molecular formula is C15H16FN3O. The number of H-pyrrole nitrogens is 1. The molecule has 0 atom stereocenters. The van der Waals surface area contributed by atoms with E-state index in [9.17, 15) is 9.18 Å². The third-order valence-corrected chi connectivity index (χ3v) is 3.52. The van der Waals surface area contributed by atoms with Crippen molar-refractivity contribution in [3.8, 4) is 0 Å². The van der Waals surface area contributed by atoms with E-state index in [1.165, 1.54) is 6.07 Å². The van der Waals surface area contributed by atoms with E-state index in [-0.39, 0.29) is 11.7 Å². The zero-order valence-electron chi connectivity index (χ0n) is 11.2. The van der Waals surface area contributed by atoms with Crippen molar-refractivity contribution in [3.05, 3.63) is 52.6 Å². The number of benzene rings is 1. The van der Waals surface area contributed by atoms with E-state index in [4.69, 9.17) is 0 Å². The Kier molecular flexibility index (Phi) is 3.26. The first-order valence-corrected chi connectivity index (χ1v) is 6.72. The Morgan fingerprint density at radius 2 is 2.25 bits per heavy atom. The highest BCUT2D eigenvalue weighted by Gasteiger charge is 2.26. The molecule has 0 saturated heterocycles. The Hall–Kier alpha value is -2.17. The molecule has 1 fully saturated rings. The monoisotopic (exact) mass is 273 g/mol. The maximum absolute atomic E-state index is 13.1. The number of hydrogen-bond donors (Lipinski definition) is 2. The molecule has 2 N–H and O–H groups in total. The molecule has 3 rings (SSSR count). The van der Waals surface area contributed by atoms with Gasteiger partial charge in [-0.3, -0.25) is 9.89 Å². The summed E-state index contributed by atoms with van der Waals surface area (Å²) in [6.45, 7) is 2.07. The molecule has 0 bridgehead atoms. The predicted octanol–water partition coefficient (Wildman–Crippen LogP) is 2.66. The SMILES string of the molecule is Cc1cc(CNC(=O)c2cc(C3CC3)[nH]n2)ccc1F. The molecule has 1 amide bonds. The molecule has 0 spiro atoms. The summed E-state index contributed by atoms with van der Waals surface area (Å²) in [5, 5.41) is 9.72. The van der Waals surface area contributed by atoms with Crippen molar-refractivity contribution in [3.63, 3.8) is 0 Å². The van der Waals surface area contributed by atoms with Gasteiger partial charge < -0.3 is 5.32 Å². The summed E-state index contributed by atoms with van der Waals surface area (Å²) in [4.78, 5) is 12.0. The van der Waals surface area contributed by atoms with Crippen LogP contribution in [0.3, 0.4) is 0 Å². The van der Waals surface area contributed by atoms with Crippen molar-refractivity contribution in [1.82, 2.24) is 15.5 Å². The van der Waals surface area contributed by atoms with Gasteiger partial charge in [0.1, 0.15) is 11.5 Å². The number of nitrogens with one attached hydrogen (secondary N) is 2. The van der Waals surface area contributed by atoms with Gasteiger partial charge in [-0.15, -0.1) is 0 Å². The fraction of sp³-hybridized carbons (Fsp3) is 0.333. The van der Waals surface area contributed by atoms with Crippen LogP contribution in [0.15, 0.2) is 24.3 Å². The number of amides is 1. The van der Waals surface area contributed by atoms with E-state index in [1.54, 1.807) is 19.1 Å². The van der Waals surface area contributed by atoms with Crippen LogP contribution < -0.4 is 5.32 Å². The molecule has 104 valence electrons. The van der Waals surface area contributed by atoms with Crippen LogP contribution in [0.5, 0.6) is 0 Å². The molecule has 5 heteroatoms. The molecule has 0 unspecified atom stereocenters. The number of aryl methyl sites for hydroxylation is 1. The van der Waals surface area contributed by atoms with Gasteiger partial charge in [0, 0.05) is 18.2 Å². The molecule has 4 nitrogen and oxygen atoms in total. The van der Waals surface area contributed by atoms with Gasteiger partial charge >= 0.3 is 0 Å². The topological polar surface area (TPSA) is 57.8 Å². The Bertz CT molecular complexity index is 646. The molecule has 1 heterocycles. The van der Waals surface area contributed by atoms with Crippen molar-refractivity contribution in [2.75, 3.05) is 0 Å². The summed E-state index contributed by atoms with van der Waals surface area (Å²) in [6, 6.07) is 6.62. The Morgan fingerprint density at radius 3 is 2.95 bits per heavy atom. The number of carbonyl (C=O) groups is 1. The van der Waals surface area contributed by atoms with Crippen molar-refractivity contribution in [2.24, 2.45) is 0 Å². The first kappa shape index (κ1) is 12.8. The van der Waals surface area contributed by atoms with Gasteiger partial charge in [0.15, 0.2) is 0 Å². The van der Waals surface area contributed by atoms with Crippen LogP contribution in [-0.2, 0) is 6.54 Å². The summed E-state index contributed by atoms with van der Waals surface area (Å²) in [6.07, 6.45) is 2.33. The molecule has 0 radical (unpaired) electrons. The maximum Gasteiger partial charge on any atom is 0.272 e. The third-order valence-electron chi connectivity index (χ3n) is 3.52. The van der Waals surface area contributed by atoms with Gasteiger partial charge in [-0.2, -0.15) is 5.10 Å². The highest BCUT2D eigenvalue weighted by Crippen LogP contribution is 2.38. The van der Waals surface area contributed by atoms with Crippen LogP contribution in [0.2, 0.25) is 0 Å². The molecule has 0 aliphatic heterocycles. The van der Waals surface area contributed by atoms with E-state index in [0.717, 1.165) is 24.1 Å². The third kappa shape index (κ3) is 2.71. The molecule has 1 aromatic carbocycles. The van der Waals surface area contributed by atoms with Gasteiger partial charge in [-0.1, -0.05) is 12.1 Å². The zero-order valence-corrected chi connectivity index (χ0v) is 11.2. The lowest BCUT2D eigenvalue weighted by Crippen LogP contribution is -2.23. The number of aromatic amines is 1. The van der Waals surface area contributed by atoms with Crippen molar-refractivity contribution in [2.45, 2.75) is 32.2 Å². The van der Waals surface area contributed by atoms with Crippen molar-refractivity contribution >= 4 is 5.91 Å². The minimum absolute atomic E-state index is 0.213. The van der Waals surface area contributed by atoms with Crippen molar-refractivity contribution < 1.29 is 9.18 Å². The normalized spacial score (nSPS) is 14.3. The molecule has 1 aliphatic rings. The molecule has 1 saturated carbocycles. The molecule has 1 aromatic heterocycles. The van der Waals surface area contributed by atoms with Gasteiger partial charge in [0.05, 0.1) is 0 Å². The average Bonchev–Trinajstić information content (AvgIpc) is 3.17. The number of nitrogens with zero attached hydrogens (tertiary/aromatic N) is 1. The van der Waals surface area contributed by atoms with Crippen LogP contribution in [0.25, 0.3) is 0 Å². The van der Waals surface area contributed by atoms with E-state index >= 15 is 0 Å². The van der Waals surface area contributed by atoms with Crippen LogP contribution in [0.4, 0.5) is 4.39 Å². The standard InChI is InChI=1S/C15H16FN3O/c1-9-6-10(2-5-12(9)16)8-17-15(20)14-7-13(18-19-14)11-3-4-11/h2,5-7,11H,3-4,8H2,1H3,(H,17,20)(H,18,19). The summed E-state index contributed by atoms with van der Waals surface area (Å²) >= 11 is 0. The number of aromatic nitrogens is 2. The number of carbonyl (C=O) groups excluding carboxylic acids is 1. The first-order chi connectivity index (χ1) is 9.63. The van der Waals surface area contributed by atoms with Gasteiger partial charge in [0.2, 0.25) is 0 Å². The van der Waals surface area contributed by atoms with Gasteiger partial charge in [-0.25, -0.2) is 4.39 Å². The average molecular weight is 273 g/mol. The Balaban J connectivity index is 1.61. The zero-order chi connectivity index (χ0) is 14.1. The van der Waals surface area contributed by atoms with Gasteiger partial charge in [0.25, 0.3) is 5.91 Å². The lowest BCUT2D eigenvalue weighted by molar-refractivity contribution is 0.0946. The smallest absolute Gasteiger partial charge is 0.272 e. The number of halogens is 1. The maximum atomic E-state index is 13.1. The molecule has 2 aromatic rings. The lowest BCUT2D eigenvalue weighted by atomic mass is 10.1. The largest absolute Gasteiger partial charge is 0.347 e. The second kappa shape index (κ2) is 5.07. The Labute approximate surface area is 116 Å². The van der Waals surface area contributed by atoms with E-state index in [2.05, 4.69) is 15.5 Å². The summed E-state index contributed by atoms with van der Waals surface area (Å²) in [5.41, 5.74) is 2.89. The lowest BCUT2D eigenvalue weighted by Gasteiger charge is -2.05. The van der Waals surface area contributed by atoms with Crippen LogP contribution >= 0.6 is 0 Å². The summed E-state index contributed by atoms with van der Waals surface area (Å²) in [5.74, 6) is 0.0976. The summed E-state index contributed by atoms with van der Waals surface area (Å²) < 4.78 is 13.1. The van der Waals surface area contributed by atoms with Crippen LogP contribution in [0, 0.1) is 12.7 Å². The minimum atomic E-state index is -0.235. The first-order valence-electron chi connectivity index (χ1n) is 6.72. The highest BCUT2D eigenvalue weighted by atomic mass is 19.1. The molecule has 20 heavy (non-hydrogen) atoms. The van der Waals surface area contributed by atoms with E-state index in [0.29, 0.717) is 23.7 Å². The summed E-state index contributed by atoms with van der Waals surface area (Å²) in [7, 11) is 0. The van der Waals surface area contributed by atoms with Gasteiger partial charge in [-0.05, 0) is 43.0 Å². The minimum Gasteiger partial charge on any atom is -0.347 e. The second-order valence-electron chi connectivity index (χ2n) is 5.25. The predicted molar refractivity (Wildman–Crippen MR) is 72.9 cm³/mol. The number of rotatable bonds is 4. The van der Waals surface area contributed by atoms with E-state index in [1.807, 2.05) is 6.07 Å². The Morgan fingerprint density at radius 1 is 1.45 bits per heavy atom. The quantitative estimate of drug-likeness (QED) is 0.899. The molecule has 1 aliphatic carbocycles. The fourth-order valence-electron chi connectivity index (χ4n) is 2.15. The second-order valence-corrected chi connectivity index (χ2v) is 5.25. The molecular weight excluding hydrogens is 257 g/mol.